The minimum atomic E-state index is -0.132. The van der Waals surface area contributed by atoms with Crippen molar-refractivity contribution in [3.05, 3.63) is 0 Å². The molecule has 1 amide bonds. The van der Waals surface area contributed by atoms with Crippen LogP contribution in [-0.4, -0.2) is 122 Å². The summed E-state index contributed by atoms with van der Waals surface area (Å²) in [7, 11) is 0. The first-order valence-corrected chi connectivity index (χ1v) is 11.6. The van der Waals surface area contributed by atoms with Gasteiger partial charge in [-0.1, -0.05) is 6.92 Å². The lowest BCUT2D eigenvalue weighted by molar-refractivity contribution is -0.125. The molecule has 0 fully saturated rings. The van der Waals surface area contributed by atoms with Gasteiger partial charge in [0.2, 0.25) is 5.91 Å². The maximum absolute atomic E-state index is 11.5. The van der Waals surface area contributed by atoms with Crippen LogP contribution in [0.25, 0.3) is 0 Å². The lowest BCUT2D eigenvalue weighted by atomic mass is 10.3. The van der Waals surface area contributed by atoms with Gasteiger partial charge in [-0.15, -0.1) is 0 Å². The molecule has 0 radical (unpaired) electrons. The molecule has 0 aliphatic rings. The molecule has 0 aliphatic heterocycles. The number of carbonyl (C=O) groups excluding carboxylic acids is 2. The largest absolute Gasteiger partial charge is 0.394 e. The Morgan fingerprint density at radius 3 is 1.33 bits per heavy atom. The minimum absolute atomic E-state index is 0.0219. The third-order valence-corrected chi connectivity index (χ3v) is 4.04. The standard InChI is InChI=1S/C22H43NO10/c1-2-21(25)20-23-22(26)4-3-6-27-8-10-29-12-14-31-16-18-33-19-17-32-15-13-30-11-9-28-7-5-24/h24H,2-20H2,1H3,(H,23,26). The average molecular weight is 482 g/mol. The molecule has 0 aromatic heterocycles. The van der Waals surface area contributed by atoms with E-state index < -0.39 is 0 Å². The summed E-state index contributed by atoms with van der Waals surface area (Å²) in [6, 6.07) is 0. The smallest absolute Gasteiger partial charge is 0.220 e. The summed E-state index contributed by atoms with van der Waals surface area (Å²) in [6.45, 7) is 8.51. The number of amides is 1. The predicted octanol–water partition coefficient (Wildman–Crippen LogP) is -0.0296. The number of nitrogens with one attached hydrogen (secondary N) is 1. The van der Waals surface area contributed by atoms with Crippen LogP contribution in [0.5, 0.6) is 0 Å². The maximum atomic E-state index is 11.5. The van der Waals surface area contributed by atoms with Crippen LogP contribution in [0.4, 0.5) is 0 Å². The number of ether oxygens (including phenoxy) is 7. The van der Waals surface area contributed by atoms with Gasteiger partial charge in [0.1, 0.15) is 0 Å². The van der Waals surface area contributed by atoms with Crippen LogP contribution in [0.1, 0.15) is 26.2 Å². The van der Waals surface area contributed by atoms with Crippen molar-refractivity contribution in [1.82, 2.24) is 5.32 Å². The second kappa shape index (κ2) is 27.1. The number of Topliss-reactive ketones (excluding diaryl/α,β-unsaturated/α-hetero) is 1. The highest BCUT2D eigenvalue weighted by Gasteiger charge is 2.03. The molecule has 0 aromatic rings. The number of aliphatic hydroxyl groups is 1. The van der Waals surface area contributed by atoms with Crippen LogP contribution in [0, 0.1) is 0 Å². The summed E-state index contributed by atoms with van der Waals surface area (Å²) in [5.74, 6) is -0.109. The Morgan fingerprint density at radius 1 is 0.606 bits per heavy atom. The van der Waals surface area contributed by atoms with E-state index in [1.54, 1.807) is 6.92 Å². The van der Waals surface area contributed by atoms with Gasteiger partial charge in [0.05, 0.1) is 99.0 Å². The summed E-state index contributed by atoms with van der Waals surface area (Å²) in [4.78, 5) is 22.6. The topological polar surface area (TPSA) is 131 Å². The number of hydrogen-bond acceptors (Lipinski definition) is 10. The SMILES string of the molecule is CCC(=O)CNC(=O)CCCOCCOCCOCCOCCOCCOCCOCCO. The average Bonchev–Trinajstić information content (AvgIpc) is 2.82. The molecule has 0 spiro atoms. The molecule has 0 aliphatic carbocycles. The Bertz CT molecular complexity index is 439. The first-order chi connectivity index (χ1) is 16.2. The predicted molar refractivity (Wildman–Crippen MR) is 120 cm³/mol. The molecule has 0 bridgehead atoms. The summed E-state index contributed by atoms with van der Waals surface area (Å²) in [5.41, 5.74) is 0. The summed E-state index contributed by atoms with van der Waals surface area (Å²) < 4.78 is 37.3. The third-order valence-electron chi connectivity index (χ3n) is 4.04. The van der Waals surface area contributed by atoms with E-state index in [1.807, 2.05) is 0 Å². The summed E-state index contributed by atoms with van der Waals surface area (Å²) in [5, 5.41) is 11.1. The molecule has 0 atom stereocenters. The van der Waals surface area contributed by atoms with Crippen LogP contribution in [0.3, 0.4) is 0 Å². The monoisotopic (exact) mass is 481 g/mol. The fourth-order valence-corrected chi connectivity index (χ4v) is 2.23. The van der Waals surface area contributed by atoms with Crippen LogP contribution in [0.15, 0.2) is 0 Å². The van der Waals surface area contributed by atoms with Crippen molar-refractivity contribution in [1.29, 1.82) is 0 Å². The first kappa shape index (κ1) is 31.8. The molecule has 0 saturated heterocycles. The number of hydrogen-bond donors (Lipinski definition) is 2. The molecule has 0 unspecified atom stereocenters. The van der Waals surface area contributed by atoms with Gasteiger partial charge >= 0.3 is 0 Å². The Labute approximate surface area is 197 Å². The van der Waals surface area contributed by atoms with Gasteiger partial charge in [0.25, 0.3) is 0 Å². The van der Waals surface area contributed by atoms with E-state index in [4.69, 9.17) is 38.3 Å². The highest BCUT2D eigenvalue weighted by atomic mass is 16.6. The zero-order valence-corrected chi connectivity index (χ0v) is 20.1. The molecule has 196 valence electrons. The molecule has 0 saturated carbocycles. The van der Waals surface area contributed by atoms with Crippen molar-refractivity contribution in [2.45, 2.75) is 26.2 Å². The molecule has 0 heterocycles. The number of ketones is 1. The molecule has 0 rings (SSSR count). The van der Waals surface area contributed by atoms with Crippen LogP contribution < -0.4 is 5.32 Å². The quantitative estimate of drug-likeness (QED) is 0.154. The van der Waals surface area contributed by atoms with E-state index in [0.717, 1.165) is 0 Å². The van der Waals surface area contributed by atoms with E-state index in [2.05, 4.69) is 5.32 Å². The highest BCUT2D eigenvalue weighted by molar-refractivity contribution is 5.85. The Balaban J connectivity index is 3.10. The third kappa shape index (κ3) is 26.9. The van der Waals surface area contributed by atoms with E-state index >= 15 is 0 Å². The first-order valence-electron chi connectivity index (χ1n) is 11.6. The van der Waals surface area contributed by atoms with Gasteiger partial charge in [0, 0.05) is 19.4 Å². The fraction of sp³-hybridized carbons (Fsp3) is 0.909. The van der Waals surface area contributed by atoms with Gasteiger partial charge in [0.15, 0.2) is 5.78 Å². The van der Waals surface area contributed by atoms with Crippen molar-refractivity contribution in [2.75, 3.05) is 106 Å². The Morgan fingerprint density at radius 2 is 0.970 bits per heavy atom. The van der Waals surface area contributed by atoms with E-state index in [-0.39, 0.29) is 24.8 Å². The molecular formula is C22H43NO10. The molecule has 33 heavy (non-hydrogen) atoms. The van der Waals surface area contributed by atoms with E-state index in [0.29, 0.717) is 112 Å². The maximum Gasteiger partial charge on any atom is 0.220 e. The molecule has 2 N–H and O–H groups in total. The number of rotatable bonds is 27. The summed E-state index contributed by atoms with van der Waals surface area (Å²) >= 11 is 0. The van der Waals surface area contributed by atoms with Crippen LogP contribution >= 0.6 is 0 Å². The Kier molecular flexibility index (Phi) is 26.1. The van der Waals surface area contributed by atoms with Gasteiger partial charge in [-0.25, -0.2) is 0 Å². The van der Waals surface area contributed by atoms with Gasteiger partial charge in [-0.05, 0) is 6.42 Å². The molecular weight excluding hydrogens is 438 g/mol. The van der Waals surface area contributed by atoms with Crippen molar-refractivity contribution >= 4 is 11.7 Å². The van der Waals surface area contributed by atoms with Gasteiger partial charge < -0.3 is 43.6 Å². The molecule has 11 nitrogen and oxygen atoms in total. The summed E-state index contributed by atoms with van der Waals surface area (Å²) in [6.07, 6.45) is 1.38. The zero-order valence-electron chi connectivity index (χ0n) is 20.1. The van der Waals surface area contributed by atoms with Crippen molar-refractivity contribution in [3.63, 3.8) is 0 Å². The number of aliphatic hydroxyl groups excluding tert-OH is 1. The van der Waals surface area contributed by atoms with Crippen molar-refractivity contribution in [2.24, 2.45) is 0 Å². The lowest BCUT2D eigenvalue weighted by Gasteiger charge is -2.08. The van der Waals surface area contributed by atoms with Crippen LogP contribution in [0.2, 0.25) is 0 Å². The molecule has 11 heteroatoms. The van der Waals surface area contributed by atoms with Crippen LogP contribution in [-0.2, 0) is 42.7 Å². The minimum Gasteiger partial charge on any atom is -0.394 e. The molecule has 0 aromatic carbocycles. The van der Waals surface area contributed by atoms with E-state index in [9.17, 15) is 9.59 Å². The number of carbonyl (C=O) groups is 2. The normalized spacial score (nSPS) is 11.1. The second-order valence-corrected chi connectivity index (χ2v) is 6.78. The van der Waals surface area contributed by atoms with Gasteiger partial charge in [-0.3, -0.25) is 9.59 Å². The van der Waals surface area contributed by atoms with Crippen molar-refractivity contribution in [3.8, 4) is 0 Å². The Hall–Kier alpha value is -1.18. The lowest BCUT2D eigenvalue weighted by Crippen LogP contribution is -2.29. The fourth-order valence-electron chi connectivity index (χ4n) is 2.23. The van der Waals surface area contributed by atoms with Crippen molar-refractivity contribution < 1.29 is 47.9 Å². The zero-order chi connectivity index (χ0) is 24.2. The van der Waals surface area contributed by atoms with Gasteiger partial charge in [-0.2, -0.15) is 0 Å². The second-order valence-electron chi connectivity index (χ2n) is 6.78. The van der Waals surface area contributed by atoms with E-state index in [1.165, 1.54) is 0 Å². The highest BCUT2D eigenvalue weighted by Crippen LogP contribution is 1.91.